The first-order chi connectivity index (χ1) is 12.2. The number of para-hydroxylation sites is 1. The molecule has 4 aromatic rings. The zero-order valence-corrected chi connectivity index (χ0v) is 15.5. The number of aryl methyl sites for hydroxylation is 1. The standard InChI is InChI=1S/C21H18BrN3/c1-14-20(17-9-2-3-10-18(17)24-14)21(15-7-6-8-16(22)13-15)25-19-11-4-5-12-23-19/h2-13,21,24H,1H3,(H,23,25)/p+1/t21-/m0/s1. The molecule has 0 saturated heterocycles. The van der Waals surface area contributed by atoms with Crippen molar-refractivity contribution in [3.05, 3.63) is 94.2 Å². The minimum Gasteiger partial charge on any atom is -0.358 e. The fourth-order valence-electron chi connectivity index (χ4n) is 3.32. The van der Waals surface area contributed by atoms with E-state index in [-0.39, 0.29) is 6.04 Å². The van der Waals surface area contributed by atoms with Gasteiger partial charge in [-0.15, -0.1) is 0 Å². The van der Waals surface area contributed by atoms with Gasteiger partial charge in [-0.05, 0) is 31.2 Å². The van der Waals surface area contributed by atoms with E-state index in [9.17, 15) is 0 Å². The molecule has 4 heteroatoms. The van der Waals surface area contributed by atoms with Crippen LogP contribution in [0, 0.1) is 6.92 Å². The Morgan fingerprint density at radius 3 is 2.64 bits per heavy atom. The Labute approximate surface area is 155 Å². The maximum absolute atomic E-state index is 3.66. The van der Waals surface area contributed by atoms with Crippen LogP contribution >= 0.6 is 15.9 Å². The van der Waals surface area contributed by atoms with Crippen LogP contribution in [0.5, 0.6) is 0 Å². The van der Waals surface area contributed by atoms with Crippen LogP contribution in [-0.2, 0) is 0 Å². The van der Waals surface area contributed by atoms with Crippen LogP contribution in [0.25, 0.3) is 10.9 Å². The number of fused-ring (bicyclic) bond motifs is 1. The van der Waals surface area contributed by atoms with Gasteiger partial charge in [0.05, 0.1) is 6.20 Å². The minimum atomic E-state index is 0.0345. The highest BCUT2D eigenvalue weighted by Crippen LogP contribution is 2.34. The summed E-state index contributed by atoms with van der Waals surface area (Å²) in [6, 6.07) is 23.0. The second kappa shape index (κ2) is 6.73. The summed E-state index contributed by atoms with van der Waals surface area (Å²) >= 11 is 3.60. The average Bonchev–Trinajstić information content (AvgIpc) is 2.96. The molecular formula is C21H19BrN3+. The second-order valence-electron chi connectivity index (χ2n) is 6.12. The smallest absolute Gasteiger partial charge is 0.272 e. The van der Waals surface area contributed by atoms with Gasteiger partial charge in [-0.1, -0.05) is 52.3 Å². The number of aromatic amines is 2. The van der Waals surface area contributed by atoms with Crippen LogP contribution in [0.15, 0.2) is 77.4 Å². The summed E-state index contributed by atoms with van der Waals surface area (Å²) < 4.78 is 1.08. The number of halogens is 1. The van der Waals surface area contributed by atoms with Gasteiger partial charge in [-0.3, -0.25) is 5.32 Å². The number of benzene rings is 2. The van der Waals surface area contributed by atoms with E-state index in [0.717, 1.165) is 15.8 Å². The molecule has 0 aliphatic rings. The molecule has 0 spiro atoms. The predicted molar refractivity (Wildman–Crippen MR) is 106 cm³/mol. The number of pyridine rings is 1. The van der Waals surface area contributed by atoms with Crippen molar-refractivity contribution in [2.45, 2.75) is 13.0 Å². The van der Waals surface area contributed by atoms with Crippen LogP contribution in [0.1, 0.15) is 22.9 Å². The van der Waals surface area contributed by atoms with Crippen molar-refractivity contribution < 1.29 is 4.98 Å². The van der Waals surface area contributed by atoms with Crippen LogP contribution in [0.4, 0.5) is 5.82 Å². The topological polar surface area (TPSA) is 42.0 Å². The molecule has 3 N–H and O–H groups in total. The van der Waals surface area contributed by atoms with Crippen molar-refractivity contribution >= 4 is 32.7 Å². The maximum atomic E-state index is 3.66. The zero-order valence-electron chi connectivity index (χ0n) is 13.9. The first-order valence-corrected chi connectivity index (χ1v) is 9.07. The van der Waals surface area contributed by atoms with Gasteiger partial charge in [0.15, 0.2) is 0 Å². The highest BCUT2D eigenvalue weighted by Gasteiger charge is 2.25. The molecule has 1 atom stereocenters. The zero-order chi connectivity index (χ0) is 17.2. The van der Waals surface area contributed by atoms with Crippen LogP contribution < -0.4 is 10.3 Å². The summed E-state index contributed by atoms with van der Waals surface area (Å²) in [7, 11) is 0. The highest BCUT2D eigenvalue weighted by molar-refractivity contribution is 9.10. The molecule has 0 fully saturated rings. The van der Waals surface area contributed by atoms with Gasteiger partial charge in [0, 0.05) is 38.3 Å². The molecule has 0 amide bonds. The number of hydrogen-bond donors (Lipinski definition) is 2. The molecule has 0 aliphatic carbocycles. The van der Waals surface area contributed by atoms with Crippen molar-refractivity contribution in [3.8, 4) is 0 Å². The first-order valence-electron chi connectivity index (χ1n) is 8.28. The summed E-state index contributed by atoms with van der Waals surface area (Å²) in [6.07, 6.45) is 1.93. The predicted octanol–water partition coefficient (Wildman–Crippen LogP) is 5.25. The van der Waals surface area contributed by atoms with Gasteiger partial charge >= 0.3 is 0 Å². The summed E-state index contributed by atoms with van der Waals surface area (Å²) in [4.78, 5) is 6.80. The second-order valence-corrected chi connectivity index (χ2v) is 7.03. The number of aromatic nitrogens is 2. The third kappa shape index (κ3) is 3.17. The van der Waals surface area contributed by atoms with E-state index < -0.39 is 0 Å². The van der Waals surface area contributed by atoms with E-state index in [1.165, 1.54) is 22.2 Å². The van der Waals surface area contributed by atoms with Gasteiger partial charge in [-0.25, -0.2) is 4.98 Å². The third-order valence-corrected chi connectivity index (χ3v) is 4.92. The largest absolute Gasteiger partial charge is 0.358 e. The molecule has 3 nitrogen and oxygen atoms in total. The summed E-state index contributed by atoms with van der Waals surface area (Å²) in [5.41, 5.74) is 4.81. The van der Waals surface area contributed by atoms with Crippen molar-refractivity contribution in [3.63, 3.8) is 0 Å². The van der Waals surface area contributed by atoms with Gasteiger partial charge in [-0.2, -0.15) is 0 Å². The molecule has 0 saturated carbocycles. The summed E-state index contributed by atoms with van der Waals surface area (Å²) in [5, 5.41) is 4.91. The number of H-pyrrole nitrogens is 2. The molecule has 124 valence electrons. The molecule has 2 heterocycles. The van der Waals surface area contributed by atoms with Gasteiger partial charge in [0.25, 0.3) is 5.82 Å². The molecule has 0 aliphatic heterocycles. The molecule has 0 radical (unpaired) electrons. The Balaban J connectivity index is 1.89. The van der Waals surface area contributed by atoms with Crippen LogP contribution in [0.2, 0.25) is 0 Å². The van der Waals surface area contributed by atoms with Crippen LogP contribution in [0.3, 0.4) is 0 Å². The van der Waals surface area contributed by atoms with Gasteiger partial charge in [0.2, 0.25) is 0 Å². The summed E-state index contributed by atoms with van der Waals surface area (Å²) in [5.74, 6) is 0.983. The van der Waals surface area contributed by atoms with E-state index in [1.807, 2.05) is 18.3 Å². The lowest BCUT2D eigenvalue weighted by molar-refractivity contribution is -0.361. The van der Waals surface area contributed by atoms with Crippen molar-refractivity contribution in [2.75, 3.05) is 5.32 Å². The minimum absolute atomic E-state index is 0.0345. The number of rotatable bonds is 4. The SMILES string of the molecule is Cc1[nH]c2ccccc2c1[C@@H](Nc1cccc[nH+]1)c1cccc(Br)c1. The average molecular weight is 393 g/mol. The van der Waals surface area contributed by atoms with E-state index in [1.54, 1.807) is 0 Å². The van der Waals surface area contributed by atoms with E-state index in [0.29, 0.717) is 0 Å². The number of nitrogens with one attached hydrogen (secondary N) is 3. The maximum Gasteiger partial charge on any atom is 0.272 e. The summed E-state index contributed by atoms with van der Waals surface area (Å²) in [6.45, 7) is 2.14. The molecule has 0 bridgehead atoms. The van der Waals surface area contributed by atoms with E-state index >= 15 is 0 Å². The quantitative estimate of drug-likeness (QED) is 0.488. The van der Waals surface area contributed by atoms with E-state index in [2.05, 4.69) is 92.7 Å². The fraction of sp³-hybridized carbons (Fsp3) is 0.0952. The molecule has 0 unspecified atom stereocenters. The van der Waals surface area contributed by atoms with E-state index in [4.69, 9.17) is 0 Å². The first kappa shape index (κ1) is 15.9. The van der Waals surface area contributed by atoms with Crippen molar-refractivity contribution in [2.24, 2.45) is 0 Å². The molecular weight excluding hydrogens is 374 g/mol. The fourth-order valence-corrected chi connectivity index (χ4v) is 3.73. The van der Waals surface area contributed by atoms with Crippen molar-refractivity contribution in [1.29, 1.82) is 0 Å². The highest BCUT2D eigenvalue weighted by atomic mass is 79.9. The Hall–Kier alpha value is -2.59. The molecule has 2 aromatic heterocycles. The normalized spacial score (nSPS) is 12.2. The molecule has 2 aromatic carbocycles. The Bertz CT molecular complexity index is 1010. The lowest BCUT2D eigenvalue weighted by Gasteiger charge is -2.16. The van der Waals surface area contributed by atoms with Gasteiger partial charge in [0.1, 0.15) is 6.04 Å². The Kier molecular flexibility index (Phi) is 4.28. The van der Waals surface area contributed by atoms with Gasteiger partial charge < -0.3 is 4.98 Å². The monoisotopic (exact) mass is 392 g/mol. The lowest BCUT2D eigenvalue weighted by Crippen LogP contribution is -2.19. The Morgan fingerprint density at radius 2 is 1.84 bits per heavy atom. The van der Waals surface area contributed by atoms with Crippen molar-refractivity contribution in [1.82, 2.24) is 4.98 Å². The number of hydrogen-bond acceptors (Lipinski definition) is 1. The lowest BCUT2D eigenvalue weighted by atomic mass is 9.96. The number of anilines is 1. The third-order valence-electron chi connectivity index (χ3n) is 4.42. The molecule has 25 heavy (non-hydrogen) atoms. The Morgan fingerprint density at radius 1 is 1.00 bits per heavy atom. The van der Waals surface area contributed by atoms with Crippen LogP contribution in [-0.4, -0.2) is 4.98 Å². The molecule has 4 rings (SSSR count).